The molecule has 0 bridgehead atoms. The Labute approximate surface area is 230 Å². The lowest BCUT2D eigenvalue weighted by molar-refractivity contribution is -0.147. The molecule has 8 nitrogen and oxygen atoms in total. The topological polar surface area (TPSA) is 96.0 Å². The smallest absolute Gasteiger partial charge is 0.325 e. The average Bonchev–Trinajstić information content (AvgIpc) is 3.60. The number of rotatable bonds is 19. The highest BCUT2D eigenvalue weighted by Gasteiger charge is 2.41. The van der Waals surface area contributed by atoms with E-state index < -0.39 is 18.1 Å². The van der Waals surface area contributed by atoms with Crippen molar-refractivity contribution >= 4 is 23.7 Å². The van der Waals surface area contributed by atoms with Crippen molar-refractivity contribution in [1.29, 1.82) is 0 Å². The van der Waals surface area contributed by atoms with E-state index in [9.17, 15) is 19.2 Å². The van der Waals surface area contributed by atoms with Gasteiger partial charge in [0.05, 0.1) is 6.61 Å². The summed E-state index contributed by atoms with van der Waals surface area (Å²) < 4.78 is 4.86. The third-order valence-corrected chi connectivity index (χ3v) is 7.90. The van der Waals surface area contributed by atoms with E-state index in [1.54, 1.807) is 16.7 Å². The third kappa shape index (κ3) is 11.3. The number of ether oxygens (including phenoxy) is 1. The fourth-order valence-electron chi connectivity index (χ4n) is 5.74. The Kier molecular flexibility index (Phi) is 16.1. The fourth-order valence-corrected chi connectivity index (χ4v) is 5.74. The highest BCUT2D eigenvalue weighted by Crippen LogP contribution is 2.26. The number of hydrogen-bond acceptors (Lipinski definition) is 5. The van der Waals surface area contributed by atoms with Gasteiger partial charge in [0, 0.05) is 19.5 Å². The molecule has 2 aliphatic heterocycles. The summed E-state index contributed by atoms with van der Waals surface area (Å²) >= 11 is 0. The van der Waals surface area contributed by atoms with E-state index in [-0.39, 0.29) is 30.9 Å². The van der Waals surface area contributed by atoms with Crippen LogP contribution in [0.1, 0.15) is 129 Å². The van der Waals surface area contributed by atoms with Crippen LogP contribution in [0.4, 0.5) is 0 Å². The first-order valence-electron chi connectivity index (χ1n) is 15.5. The average molecular weight is 536 g/mol. The standard InChI is InChI=1S/C30H53N3O5/c1-3-5-6-7-8-9-10-11-12-13-14-15-16-21-27(34)32-22-18-20-26(32)30(37)33-23-17-19-25(33)29(36)31-24-28(35)38-4-2/h25-26H,3-24H2,1-2H3,(H,31,36)/t25-,26-/m0/s1. The van der Waals surface area contributed by atoms with Crippen LogP contribution < -0.4 is 5.32 Å². The van der Waals surface area contributed by atoms with E-state index in [0.717, 1.165) is 25.7 Å². The molecule has 2 aliphatic rings. The molecule has 2 rings (SSSR count). The number of hydrogen-bond donors (Lipinski definition) is 1. The molecule has 0 aliphatic carbocycles. The molecular weight excluding hydrogens is 482 g/mol. The molecule has 2 atom stereocenters. The minimum atomic E-state index is -0.587. The van der Waals surface area contributed by atoms with E-state index in [2.05, 4.69) is 12.2 Å². The van der Waals surface area contributed by atoms with Crippen molar-refractivity contribution in [2.24, 2.45) is 0 Å². The van der Waals surface area contributed by atoms with E-state index >= 15 is 0 Å². The Hall–Kier alpha value is -2.12. The Balaban J connectivity index is 1.64. The van der Waals surface area contributed by atoms with Gasteiger partial charge in [-0.3, -0.25) is 19.2 Å². The number of amides is 3. The summed E-state index contributed by atoms with van der Waals surface area (Å²) in [6.07, 6.45) is 19.8. The van der Waals surface area contributed by atoms with Gasteiger partial charge in [0.15, 0.2) is 0 Å². The number of nitrogens with zero attached hydrogens (tertiary/aromatic N) is 2. The molecule has 2 saturated heterocycles. The van der Waals surface area contributed by atoms with Crippen molar-refractivity contribution in [3.8, 4) is 0 Å². The molecule has 38 heavy (non-hydrogen) atoms. The van der Waals surface area contributed by atoms with E-state index in [1.807, 2.05) is 0 Å². The molecule has 1 N–H and O–H groups in total. The summed E-state index contributed by atoms with van der Waals surface area (Å²) in [5, 5.41) is 2.60. The van der Waals surface area contributed by atoms with Crippen LogP contribution in [0.15, 0.2) is 0 Å². The summed E-state index contributed by atoms with van der Waals surface area (Å²) in [5.74, 6) is -0.884. The van der Waals surface area contributed by atoms with Gasteiger partial charge in [0.25, 0.3) is 0 Å². The Bertz CT molecular complexity index is 729. The maximum Gasteiger partial charge on any atom is 0.325 e. The molecule has 0 radical (unpaired) electrons. The molecule has 0 aromatic heterocycles. The van der Waals surface area contributed by atoms with E-state index in [4.69, 9.17) is 4.74 Å². The molecule has 2 fully saturated rings. The predicted octanol–water partition coefficient (Wildman–Crippen LogP) is 5.13. The molecule has 8 heteroatoms. The summed E-state index contributed by atoms with van der Waals surface area (Å²) in [5.41, 5.74) is 0. The van der Waals surface area contributed by atoms with Gasteiger partial charge in [-0.25, -0.2) is 0 Å². The predicted molar refractivity (Wildman–Crippen MR) is 149 cm³/mol. The van der Waals surface area contributed by atoms with Crippen LogP contribution in [0.3, 0.4) is 0 Å². The molecule has 0 saturated carbocycles. The van der Waals surface area contributed by atoms with Gasteiger partial charge in [-0.05, 0) is 39.0 Å². The lowest BCUT2D eigenvalue weighted by atomic mass is 10.0. The van der Waals surface area contributed by atoms with Crippen molar-refractivity contribution in [1.82, 2.24) is 15.1 Å². The maximum atomic E-state index is 13.4. The maximum absolute atomic E-state index is 13.4. The van der Waals surface area contributed by atoms with Crippen molar-refractivity contribution in [2.75, 3.05) is 26.2 Å². The number of carbonyl (C=O) groups excluding carboxylic acids is 4. The van der Waals surface area contributed by atoms with Crippen LogP contribution >= 0.6 is 0 Å². The highest BCUT2D eigenvalue weighted by molar-refractivity contribution is 5.93. The third-order valence-electron chi connectivity index (χ3n) is 7.90. The minimum Gasteiger partial charge on any atom is -0.465 e. The number of likely N-dealkylation sites (tertiary alicyclic amines) is 2. The Morgan fingerprint density at radius 2 is 1.24 bits per heavy atom. The van der Waals surface area contributed by atoms with Gasteiger partial charge in [0.1, 0.15) is 18.6 Å². The molecule has 0 spiro atoms. The fraction of sp³-hybridized carbons (Fsp3) is 0.867. The zero-order valence-corrected chi connectivity index (χ0v) is 24.1. The van der Waals surface area contributed by atoms with E-state index in [0.29, 0.717) is 32.4 Å². The molecule has 3 amide bonds. The quantitative estimate of drug-likeness (QED) is 0.183. The first-order valence-corrected chi connectivity index (χ1v) is 15.5. The van der Waals surface area contributed by atoms with Crippen molar-refractivity contribution in [3.05, 3.63) is 0 Å². The van der Waals surface area contributed by atoms with Crippen LogP contribution in [0, 0.1) is 0 Å². The highest BCUT2D eigenvalue weighted by atomic mass is 16.5. The molecule has 0 aromatic rings. The van der Waals surface area contributed by atoms with Crippen LogP contribution in [0.25, 0.3) is 0 Å². The number of nitrogens with one attached hydrogen (secondary N) is 1. The normalized spacial score (nSPS) is 19.1. The second-order valence-electron chi connectivity index (χ2n) is 11.0. The summed E-state index contributed by atoms with van der Waals surface area (Å²) in [7, 11) is 0. The van der Waals surface area contributed by atoms with Crippen molar-refractivity contribution in [3.63, 3.8) is 0 Å². The van der Waals surface area contributed by atoms with Crippen molar-refractivity contribution in [2.45, 2.75) is 142 Å². The SMILES string of the molecule is CCCCCCCCCCCCCCCC(=O)N1CCC[C@H]1C(=O)N1CCC[C@H]1C(=O)NCC(=O)OCC. The first kappa shape index (κ1) is 32.1. The zero-order chi connectivity index (χ0) is 27.6. The Morgan fingerprint density at radius 3 is 1.82 bits per heavy atom. The van der Waals surface area contributed by atoms with Crippen LogP contribution in [0.2, 0.25) is 0 Å². The summed E-state index contributed by atoms with van der Waals surface area (Å²) in [6.45, 7) is 5.15. The lowest BCUT2D eigenvalue weighted by Crippen LogP contribution is -2.53. The molecular formula is C30H53N3O5. The summed E-state index contributed by atoms with van der Waals surface area (Å²) in [6, 6.07) is -1.06. The van der Waals surface area contributed by atoms with Gasteiger partial charge in [-0.2, -0.15) is 0 Å². The van der Waals surface area contributed by atoms with Crippen molar-refractivity contribution < 1.29 is 23.9 Å². The Morgan fingerprint density at radius 1 is 0.711 bits per heavy atom. The number of esters is 1. The van der Waals surface area contributed by atoms with Crippen LogP contribution in [-0.2, 0) is 23.9 Å². The molecule has 2 heterocycles. The van der Waals surface area contributed by atoms with Crippen LogP contribution in [-0.4, -0.2) is 71.8 Å². The van der Waals surface area contributed by atoms with Gasteiger partial charge in [-0.1, -0.05) is 84.0 Å². The van der Waals surface area contributed by atoms with Gasteiger partial charge < -0.3 is 19.9 Å². The first-order chi connectivity index (χ1) is 18.5. The minimum absolute atomic E-state index is 0.0615. The number of unbranched alkanes of at least 4 members (excludes halogenated alkanes) is 12. The lowest BCUT2D eigenvalue weighted by Gasteiger charge is -2.31. The van der Waals surface area contributed by atoms with E-state index in [1.165, 1.54) is 70.6 Å². The second-order valence-corrected chi connectivity index (χ2v) is 11.0. The van der Waals surface area contributed by atoms with Crippen LogP contribution in [0.5, 0.6) is 0 Å². The van der Waals surface area contributed by atoms with Gasteiger partial charge >= 0.3 is 5.97 Å². The number of carbonyl (C=O) groups is 4. The summed E-state index contributed by atoms with van der Waals surface area (Å²) in [4.78, 5) is 53.9. The largest absolute Gasteiger partial charge is 0.465 e. The van der Waals surface area contributed by atoms with Gasteiger partial charge in [-0.15, -0.1) is 0 Å². The second kappa shape index (κ2) is 19.0. The molecule has 218 valence electrons. The zero-order valence-electron chi connectivity index (χ0n) is 24.1. The van der Waals surface area contributed by atoms with Gasteiger partial charge in [0.2, 0.25) is 17.7 Å². The molecule has 0 unspecified atom stereocenters. The monoisotopic (exact) mass is 535 g/mol. The molecule has 0 aromatic carbocycles.